The summed E-state index contributed by atoms with van der Waals surface area (Å²) in [6.07, 6.45) is -1.81. The van der Waals surface area contributed by atoms with Crippen LogP contribution in [-0.4, -0.2) is 13.0 Å². The Morgan fingerprint density at radius 1 is 1.16 bits per heavy atom. The summed E-state index contributed by atoms with van der Waals surface area (Å²) in [5.41, 5.74) is 0.254. The van der Waals surface area contributed by atoms with E-state index >= 15 is 0 Å². The van der Waals surface area contributed by atoms with Gasteiger partial charge in [0, 0.05) is 12.6 Å². The predicted octanol–water partition coefficient (Wildman–Crippen LogP) is 4.18. The average Bonchev–Trinajstić information content (AvgIpc) is 2.58. The normalized spacial score (nSPS) is 11.6. The van der Waals surface area contributed by atoms with Crippen molar-refractivity contribution in [2.75, 3.05) is 7.11 Å². The van der Waals surface area contributed by atoms with Crippen molar-refractivity contribution in [2.24, 2.45) is 0 Å². The highest BCUT2D eigenvalue weighted by atomic mass is 19.4. The van der Waals surface area contributed by atoms with Gasteiger partial charge in [-0.3, -0.25) is 4.79 Å². The van der Waals surface area contributed by atoms with E-state index in [1.807, 2.05) is 0 Å². The van der Waals surface area contributed by atoms with E-state index in [9.17, 15) is 22.4 Å². The van der Waals surface area contributed by atoms with Crippen LogP contribution in [0.2, 0.25) is 0 Å². The van der Waals surface area contributed by atoms with Gasteiger partial charge in [0.05, 0.1) is 12.7 Å². The Hall–Kier alpha value is -2.83. The Morgan fingerprint density at radius 3 is 2.40 bits per heavy atom. The highest BCUT2D eigenvalue weighted by Crippen LogP contribution is 2.29. The summed E-state index contributed by atoms with van der Waals surface area (Å²) in [5, 5.41) is 2.56. The van der Waals surface area contributed by atoms with E-state index in [0.717, 1.165) is 12.1 Å². The molecule has 2 aromatic rings. The molecule has 0 spiro atoms. The summed E-state index contributed by atoms with van der Waals surface area (Å²) < 4.78 is 55.7. The molecule has 2 rings (SSSR count). The second-order valence-corrected chi connectivity index (χ2v) is 5.14. The van der Waals surface area contributed by atoms with Crippen LogP contribution >= 0.6 is 0 Å². The first-order valence-corrected chi connectivity index (χ1v) is 7.25. The van der Waals surface area contributed by atoms with Crippen LogP contribution in [-0.2, 0) is 17.5 Å². The zero-order valence-corrected chi connectivity index (χ0v) is 13.2. The number of carbonyl (C=O) groups excluding carboxylic acids is 1. The smallest absolute Gasteiger partial charge is 0.416 e. The van der Waals surface area contributed by atoms with Gasteiger partial charge in [0.15, 0.2) is 11.6 Å². The molecule has 7 heteroatoms. The van der Waals surface area contributed by atoms with Crippen molar-refractivity contribution in [2.45, 2.75) is 12.7 Å². The van der Waals surface area contributed by atoms with E-state index in [1.165, 1.54) is 43.5 Å². The summed E-state index contributed by atoms with van der Waals surface area (Å²) in [6.45, 7) is 0.108. The lowest BCUT2D eigenvalue weighted by atomic mass is 10.1. The Kier molecular flexibility index (Phi) is 5.80. The fourth-order valence-corrected chi connectivity index (χ4v) is 2.02. The molecule has 0 saturated carbocycles. The van der Waals surface area contributed by atoms with Crippen LogP contribution in [0.1, 0.15) is 16.7 Å². The Bertz CT molecular complexity index is 768. The lowest BCUT2D eigenvalue weighted by Gasteiger charge is -2.06. The topological polar surface area (TPSA) is 38.3 Å². The van der Waals surface area contributed by atoms with Crippen molar-refractivity contribution in [1.82, 2.24) is 5.32 Å². The molecule has 0 bridgehead atoms. The van der Waals surface area contributed by atoms with E-state index in [1.54, 1.807) is 6.07 Å². The number of carbonyl (C=O) groups is 1. The molecule has 0 radical (unpaired) electrons. The molecule has 0 atom stereocenters. The van der Waals surface area contributed by atoms with Crippen LogP contribution in [0.4, 0.5) is 17.6 Å². The third-order valence-electron chi connectivity index (χ3n) is 3.35. The third-order valence-corrected chi connectivity index (χ3v) is 3.35. The number of benzene rings is 2. The van der Waals surface area contributed by atoms with Gasteiger partial charge in [-0.25, -0.2) is 4.39 Å². The lowest BCUT2D eigenvalue weighted by molar-refractivity contribution is -0.137. The largest absolute Gasteiger partial charge is 0.494 e. The molecule has 1 amide bonds. The van der Waals surface area contributed by atoms with E-state index < -0.39 is 23.5 Å². The van der Waals surface area contributed by atoms with Crippen molar-refractivity contribution in [1.29, 1.82) is 0 Å². The quantitative estimate of drug-likeness (QED) is 0.647. The molecular formula is C18H15F4NO2. The number of hydrogen-bond donors (Lipinski definition) is 1. The van der Waals surface area contributed by atoms with Crippen molar-refractivity contribution < 1.29 is 27.1 Å². The predicted molar refractivity (Wildman–Crippen MR) is 85.3 cm³/mol. The van der Waals surface area contributed by atoms with Gasteiger partial charge in [0.2, 0.25) is 5.91 Å². The molecule has 0 unspecified atom stereocenters. The molecule has 3 nitrogen and oxygen atoms in total. The van der Waals surface area contributed by atoms with Crippen molar-refractivity contribution in [3.05, 3.63) is 71.0 Å². The van der Waals surface area contributed by atoms with Gasteiger partial charge in [-0.1, -0.05) is 18.2 Å². The van der Waals surface area contributed by atoms with Crippen LogP contribution < -0.4 is 10.1 Å². The minimum Gasteiger partial charge on any atom is -0.494 e. The number of nitrogens with one attached hydrogen (secondary N) is 1. The number of halogens is 4. The summed E-state index contributed by atoms with van der Waals surface area (Å²) >= 11 is 0. The first-order chi connectivity index (χ1) is 11.8. The fraction of sp³-hybridized carbons (Fsp3) is 0.167. The maximum Gasteiger partial charge on any atom is 0.416 e. The molecule has 0 aromatic heterocycles. The number of rotatable bonds is 5. The molecule has 0 aliphatic carbocycles. The Morgan fingerprint density at radius 2 is 1.84 bits per heavy atom. The molecule has 0 aliphatic heterocycles. The van der Waals surface area contributed by atoms with Gasteiger partial charge >= 0.3 is 6.18 Å². The third kappa shape index (κ3) is 5.34. The van der Waals surface area contributed by atoms with E-state index in [0.29, 0.717) is 11.1 Å². The Balaban J connectivity index is 1.91. The summed E-state index contributed by atoms with van der Waals surface area (Å²) in [6, 6.07) is 8.74. The Labute approximate surface area is 141 Å². The van der Waals surface area contributed by atoms with Gasteiger partial charge in [-0.15, -0.1) is 0 Å². The summed E-state index contributed by atoms with van der Waals surface area (Å²) in [4.78, 5) is 11.7. The SMILES string of the molecule is COc1ccc(CNC(=O)/C=C/c2ccc(C(F)(F)F)cc2)cc1F. The van der Waals surface area contributed by atoms with E-state index in [4.69, 9.17) is 4.74 Å². The second-order valence-electron chi connectivity index (χ2n) is 5.14. The molecule has 0 saturated heterocycles. The maximum atomic E-state index is 13.5. The molecule has 25 heavy (non-hydrogen) atoms. The van der Waals surface area contributed by atoms with Crippen LogP contribution in [0.25, 0.3) is 6.08 Å². The molecule has 0 fully saturated rings. The first-order valence-electron chi connectivity index (χ1n) is 7.25. The number of ether oxygens (including phenoxy) is 1. The lowest BCUT2D eigenvalue weighted by Crippen LogP contribution is -2.20. The summed E-state index contributed by atoms with van der Waals surface area (Å²) in [5.74, 6) is -0.872. The van der Waals surface area contributed by atoms with Crippen LogP contribution in [0.15, 0.2) is 48.5 Å². The zero-order chi connectivity index (χ0) is 18.4. The van der Waals surface area contributed by atoms with E-state index in [2.05, 4.69) is 5.32 Å². The maximum absolute atomic E-state index is 13.5. The van der Waals surface area contributed by atoms with Gasteiger partial charge in [-0.2, -0.15) is 13.2 Å². The fourth-order valence-electron chi connectivity index (χ4n) is 2.02. The molecule has 0 heterocycles. The first kappa shape index (κ1) is 18.5. The molecule has 0 aliphatic rings. The monoisotopic (exact) mass is 353 g/mol. The molecule has 2 aromatic carbocycles. The van der Waals surface area contributed by atoms with Crippen molar-refractivity contribution in [3.8, 4) is 5.75 Å². The molecular weight excluding hydrogens is 338 g/mol. The van der Waals surface area contributed by atoms with Crippen LogP contribution in [0.3, 0.4) is 0 Å². The number of hydrogen-bond acceptors (Lipinski definition) is 2. The van der Waals surface area contributed by atoms with E-state index in [-0.39, 0.29) is 12.3 Å². The minimum absolute atomic E-state index is 0.108. The molecule has 1 N–H and O–H groups in total. The van der Waals surface area contributed by atoms with Gasteiger partial charge in [0.25, 0.3) is 0 Å². The highest BCUT2D eigenvalue weighted by Gasteiger charge is 2.29. The standard InChI is InChI=1S/C18H15F4NO2/c1-25-16-8-4-13(10-15(16)19)11-23-17(24)9-5-12-2-6-14(7-3-12)18(20,21)22/h2-10H,11H2,1H3,(H,23,24)/b9-5+. The van der Waals surface area contributed by atoms with Gasteiger partial charge in [-0.05, 0) is 41.5 Å². The van der Waals surface area contributed by atoms with Crippen LogP contribution in [0.5, 0.6) is 5.75 Å². The highest BCUT2D eigenvalue weighted by molar-refractivity contribution is 5.91. The number of methoxy groups -OCH3 is 1. The van der Waals surface area contributed by atoms with Gasteiger partial charge in [0.1, 0.15) is 0 Å². The van der Waals surface area contributed by atoms with Gasteiger partial charge < -0.3 is 10.1 Å². The van der Waals surface area contributed by atoms with Crippen molar-refractivity contribution >= 4 is 12.0 Å². The molecule has 132 valence electrons. The zero-order valence-electron chi connectivity index (χ0n) is 13.2. The number of amides is 1. The van der Waals surface area contributed by atoms with Crippen molar-refractivity contribution in [3.63, 3.8) is 0 Å². The van der Waals surface area contributed by atoms with Crippen LogP contribution in [0, 0.1) is 5.82 Å². The average molecular weight is 353 g/mol. The summed E-state index contributed by atoms with van der Waals surface area (Å²) in [7, 11) is 1.35. The minimum atomic E-state index is -4.40. The number of alkyl halides is 3. The second kappa shape index (κ2) is 7.83.